The van der Waals surface area contributed by atoms with Crippen molar-refractivity contribution in [2.45, 2.75) is 52.1 Å². The molecule has 5 rings (SSSR count). The highest BCUT2D eigenvalue weighted by Gasteiger charge is 2.49. The molecule has 3 heterocycles. The van der Waals surface area contributed by atoms with Crippen molar-refractivity contribution < 1.29 is 9.90 Å². The SMILES string of the molecule is Cc1ccc(CNc2nc(N3CC(C4CCCN(C5CC(C)(C(=O)O)C5)C4)C3)ncc2Cl)c(Cl)c1. The predicted octanol–water partition coefficient (Wildman–Crippen LogP) is 5.11. The van der Waals surface area contributed by atoms with Gasteiger partial charge in [0.1, 0.15) is 5.02 Å². The Morgan fingerprint density at radius 3 is 2.69 bits per heavy atom. The van der Waals surface area contributed by atoms with Gasteiger partial charge in [0.15, 0.2) is 5.82 Å². The number of hydrogen-bond acceptors (Lipinski definition) is 6. The third-order valence-electron chi connectivity index (χ3n) is 8.14. The molecule has 9 heteroatoms. The van der Waals surface area contributed by atoms with Crippen molar-refractivity contribution in [2.24, 2.45) is 17.3 Å². The van der Waals surface area contributed by atoms with Crippen LogP contribution in [0.2, 0.25) is 10.0 Å². The van der Waals surface area contributed by atoms with Crippen molar-refractivity contribution in [3.05, 3.63) is 45.6 Å². The number of benzene rings is 1. The van der Waals surface area contributed by atoms with Crippen molar-refractivity contribution >= 4 is 40.9 Å². The first kappa shape index (κ1) is 24.6. The van der Waals surface area contributed by atoms with E-state index < -0.39 is 11.4 Å². The number of aromatic nitrogens is 2. The Bertz CT molecular complexity index is 1100. The van der Waals surface area contributed by atoms with E-state index in [-0.39, 0.29) is 0 Å². The summed E-state index contributed by atoms with van der Waals surface area (Å²) in [6, 6.07) is 6.43. The van der Waals surface area contributed by atoms with Crippen molar-refractivity contribution in [1.29, 1.82) is 0 Å². The van der Waals surface area contributed by atoms with Crippen LogP contribution in [0.5, 0.6) is 0 Å². The minimum atomic E-state index is -0.657. The lowest BCUT2D eigenvalue weighted by molar-refractivity contribution is -0.158. The minimum absolute atomic E-state index is 0.422. The number of aliphatic carboxylic acids is 1. The highest BCUT2D eigenvalue weighted by atomic mass is 35.5. The maximum absolute atomic E-state index is 11.5. The molecule has 0 bridgehead atoms. The highest BCUT2D eigenvalue weighted by Crippen LogP contribution is 2.45. The second kappa shape index (κ2) is 9.75. The fourth-order valence-electron chi connectivity index (χ4n) is 5.75. The van der Waals surface area contributed by atoms with Crippen LogP contribution in [-0.2, 0) is 11.3 Å². The maximum Gasteiger partial charge on any atom is 0.309 e. The normalized spacial score (nSPS) is 27.3. The first-order valence-electron chi connectivity index (χ1n) is 12.5. The van der Waals surface area contributed by atoms with E-state index in [1.54, 1.807) is 6.20 Å². The maximum atomic E-state index is 11.5. The number of hydrogen-bond donors (Lipinski definition) is 2. The largest absolute Gasteiger partial charge is 0.481 e. The topological polar surface area (TPSA) is 81.6 Å². The summed E-state index contributed by atoms with van der Waals surface area (Å²) in [5.41, 5.74) is 1.59. The molecular weight excluding hydrogens is 485 g/mol. The number of rotatable bonds is 7. The lowest BCUT2D eigenvalue weighted by Gasteiger charge is -2.52. The fourth-order valence-corrected chi connectivity index (χ4v) is 6.21. The van der Waals surface area contributed by atoms with E-state index in [9.17, 15) is 9.90 Å². The summed E-state index contributed by atoms with van der Waals surface area (Å²) < 4.78 is 0. The summed E-state index contributed by atoms with van der Waals surface area (Å²) in [6.45, 7) is 8.49. The molecule has 1 aromatic carbocycles. The average Bonchev–Trinajstić information content (AvgIpc) is 2.77. The summed E-state index contributed by atoms with van der Waals surface area (Å²) in [6.07, 6.45) is 5.63. The molecule has 2 aliphatic heterocycles. The molecule has 0 radical (unpaired) electrons. The number of carboxylic acids is 1. The highest BCUT2D eigenvalue weighted by molar-refractivity contribution is 6.33. The van der Waals surface area contributed by atoms with Gasteiger partial charge in [0.25, 0.3) is 0 Å². The number of nitrogens with zero attached hydrogens (tertiary/aromatic N) is 4. The molecule has 2 saturated heterocycles. The molecule has 1 aromatic heterocycles. The molecule has 2 N–H and O–H groups in total. The number of anilines is 2. The molecule has 1 unspecified atom stereocenters. The van der Waals surface area contributed by atoms with Gasteiger partial charge in [0.2, 0.25) is 5.95 Å². The van der Waals surface area contributed by atoms with E-state index in [1.165, 1.54) is 12.8 Å². The Morgan fingerprint density at radius 2 is 1.97 bits per heavy atom. The molecule has 0 amide bonds. The monoisotopic (exact) mass is 517 g/mol. The third kappa shape index (κ3) is 5.09. The number of halogens is 2. The first-order chi connectivity index (χ1) is 16.7. The van der Waals surface area contributed by atoms with Gasteiger partial charge in [0.05, 0.1) is 11.6 Å². The van der Waals surface area contributed by atoms with E-state index in [2.05, 4.69) is 20.1 Å². The Hall–Kier alpha value is -2.09. The molecule has 3 aliphatic rings. The number of nitrogens with one attached hydrogen (secondary N) is 1. The summed E-state index contributed by atoms with van der Waals surface area (Å²) in [4.78, 5) is 25.4. The van der Waals surface area contributed by atoms with Gasteiger partial charge in [-0.1, -0.05) is 35.3 Å². The standard InChI is InChI=1S/C26H33Cl2N5O2/c1-16-5-6-17(21(27)8-16)11-29-23-22(28)12-30-25(31-23)33-14-19(15-33)18-4-3-7-32(13-18)20-9-26(2,10-20)24(34)35/h5-6,8,12,18-20H,3-4,7,9-11,13-15H2,1-2H3,(H,34,35)(H,29,30,31). The molecule has 1 saturated carbocycles. The first-order valence-corrected chi connectivity index (χ1v) is 13.2. The minimum Gasteiger partial charge on any atom is -0.481 e. The quantitative estimate of drug-likeness (QED) is 0.528. The molecule has 35 heavy (non-hydrogen) atoms. The van der Waals surface area contributed by atoms with Gasteiger partial charge < -0.3 is 20.2 Å². The molecule has 188 valence electrons. The van der Waals surface area contributed by atoms with Gasteiger partial charge in [0, 0.05) is 37.2 Å². The van der Waals surface area contributed by atoms with Gasteiger partial charge >= 0.3 is 5.97 Å². The number of aryl methyl sites for hydroxylation is 1. The van der Waals surface area contributed by atoms with E-state index >= 15 is 0 Å². The van der Waals surface area contributed by atoms with E-state index in [0.29, 0.717) is 41.2 Å². The zero-order valence-corrected chi connectivity index (χ0v) is 21.8. The predicted molar refractivity (Wildman–Crippen MR) is 139 cm³/mol. The second-order valence-electron chi connectivity index (χ2n) is 10.8. The van der Waals surface area contributed by atoms with Crippen molar-refractivity contribution in [1.82, 2.24) is 14.9 Å². The molecule has 1 aliphatic carbocycles. The van der Waals surface area contributed by atoms with Crippen LogP contribution >= 0.6 is 23.2 Å². The van der Waals surface area contributed by atoms with Crippen LogP contribution in [0.25, 0.3) is 0 Å². The van der Waals surface area contributed by atoms with Gasteiger partial charge in [-0.15, -0.1) is 0 Å². The summed E-state index contributed by atoms with van der Waals surface area (Å²) in [5.74, 6) is 1.92. The van der Waals surface area contributed by atoms with Crippen LogP contribution in [0.15, 0.2) is 24.4 Å². The lowest BCUT2D eigenvalue weighted by atomic mass is 9.65. The Morgan fingerprint density at radius 1 is 1.20 bits per heavy atom. The molecule has 2 aromatic rings. The van der Waals surface area contributed by atoms with Crippen LogP contribution < -0.4 is 10.2 Å². The smallest absolute Gasteiger partial charge is 0.309 e. The number of piperidine rings is 1. The number of carbonyl (C=O) groups is 1. The van der Waals surface area contributed by atoms with Gasteiger partial charge in [-0.05, 0) is 75.1 Å². The lowest BCUT2D eigenvalue weighted by Crippen LogP contribution is -2.58. The van der Waals surface area contributed by atoms with Crippen LogP contribution in [0.4, 0.5) is 11.8 Å². The summed E-state index contributed by atoms with van der Waals surface area (Å²) >= 11 is 12.7. The second-order valence-corrected chi connectivity index (χ2v) is 11.6. The molecular formula is C26H33Cl2N5O2. The van der Waals surface area contributed by atoms with E-state index in [0.717, 1.165) is 55.2 Å². The Kier molecular flexibility index (Phi) is 6.85. The van der Waals surface area contributed by atoms with Crippen molar-refractivity contribution in [3.8, 4) is 0 Å². The Labute approximate surface area is 216 Å². The van der Waals surface area contributed by atoms with Crippen LogP contribution in [0.1, 0.15) is 43.7 Å². The Balaban J connectivity index is 1.15. The third-order valence-corrected chi connectivity index (χ3v) is 8.77. The van der Waals surface area contributed by atoms with Gasteiger partial charge in [-0.3, -0.25) is 4.79 Å². The summed E-state index contributed by atoms with van der Waals surface area (Å²) in [5, 5.41) is 14.0. The molecule has 7 nitrogen and oxygen atoms in total. The number of likely N-dealkylation sites (tertiary alicyclic amines) is 1. The fraction of sp³-hybridized carbons (Fsp3) is 0.577. The van der Waals surface area contributed by atoms with Crippen LogP contribution in [0, 0.1) is 24.2 Å². The van der Waals surface area contributed by atoms with Crippen molar-refractivity contribution in [2.75, 3.05) is 36.4 Å². The van der Waals surface area contributed by atoms with E-state index in [4.69, 9.17) is 28.2 Å². The van der Waals surface area contributed by atoms with Gasteiger partial charge in [-0.25, -0.2) is 4.98 Å². The van der Waals surface area contributed by atoms with E-state index in [1.807, 2.05) is 32.0 Å². The zero-order chi connectivity index (χ0) is 24.7. The number of carboxylic acid groups (broad SMARTS) is 1. The summed E-state index contributed by atoms with van der Waals surface area (Å²) in [7, 11) is 0. The average molecular weight is 518 g/mol. The van der Waals surface area contributed by atoms with Crippen LogP contribution in [0.3, 0.4) is 0 Å². The van der Waals surface area contributed by atoms with Crippen LogP contribution in [-0.4, -0.2) is 58.2 Å². The zero-order valence-electron chi connectivity index (χ0n) is 20.3. The molecule has 0 spiro atoms. The molecule has 3 fully saturated rings. The van der Waals surface area contributed by atoms with Crippen molar-refractivity contribution in [3.63, 3.8) is 0 Å². The molecule has 1 atom stereocenters. The van der Waals surface area contributed by atoms with Gasteiger partial charge in [-0.2, -0.15) is 4.98 Å².